The highest BCUT2D eigenvalue weighted by Gasteiger charge is 2.48. The topological polar surface area (TPSA) is 67.9 Å². The van der Waals surface area contributed by atoms with Crippen LogP contribution in [0.15, 0.2) is 6.20 Å². The molecule has 0 aliphatic heterocycles. The first-order valence-electron chi connectivity index (χ1n) is 4.66. The van der Waals surface area contributed by atoms with Crippen molar-refractivity contribution in [2.75, 3.05) is 7.11 Å². The molecule has 0 unspecified atom stereocenters. The molecule has 1 fully saturated rings. The minimum atomic E-state index is -0.502. The smallest absolute Gasteiger partial charge is 0.358 e. The van der Waals surface area contributed by atoms with Gasteiger partial charge in [0.2, 0.25) is 0 Å². The van der Waals surface area contributed by atoms with Gasteiger partial charge >= 0.3 is 5.97 Å². The first-order valence-corrected chi connectivity index (χ1v) is 4.66. The van der Waals surface area contributed by atoms with Crippen molar-refractivity contribution in [3.63, 3.8) is 0 Å². The second kappa shape index (κ2) is 3.09. The zero-order chi connectivity index (χ0) is 11.1. The van der Waals surface area contributed by atoms with Crippen LogP contribution in [0, 0.1) is 11.3 Å². The molecule has 0 N–H and O–H groups in total. The number of hydrogen-bond donors (Lipinski definition) is 0. The molecule has 0 bridgehead atoms. The molecule has 1 aromatic rings. The first kappa shape index (κ1) is 9.71. The normalized spacial score (nSPS) is 16.9. The molecule has 1 heterocycles. The van der Waals surface area contributed by atoms with Crippen molar-refractivity contribution in [2.24, 2.45) is 7.05 Å². The molecule has 5 nitrogen and oxygen atoms in total. The highest BCUT2D eigenvalue weighted by Crippen LogP contribution is 2.48. The van der Waals surface area contributed by atoms with Crippen LogP contribution in [0.3, 0.4) is 0 Å². The highest BCUT2D eigenvalue weighted by atomic mass is 16.5. The van der Waals surface area contributed by atoms with E-state index in [4.69, 9.17) is 5.26 Å². The van der Waals surface area contributed by atoms with Gasteiger partial charge in [-0.15, -0.1) is 0 Å². The Hall–Kier alpha value is -1.83. The van der Waals surface area contributed by atoms with Gasteiger partial charge in [-0.2, -0.15) is 10.4 Å². The maximum absolute atomic E-state index is 11.4. The summed E-state index contributed by atoms with van der Waals surface area (Å²) in [6, 6.07) is 2.24. The van der Waals surface area contributed by atoms with E-state index in [2.05, 4.69) is 15.9 Å². The summed E-state index contributed by atoms with van der Waals surface area (Å²) in [4.78, 5) is 11.4. The predicted molar refractivity (Wildman–Crippen MR) is 51.1 cm³/mol. The average Bonchev–Trinajstić information content (AvgIpc) is 2.95. The van der Waals surface area contributed by atoms with Gasteiger partial charge in [0, 0.05) is 18.8 Å². The van der Waals surface area contributed by atoms with E-state index in [1.54, 1.807) is 17.9 Å². The van der Waals surface area contributed by atoms with Gasteiger partial charge in [0.1, 0.15) is 0 Å². The Kier molecular flexibility index (Phi) is 2.00. The minimum Gasteiger partial charge on any atom is -0.464 e. The molecule has 0 radical (unpaired) electrons. The summed E-state index contributed by atoms with van der Waals surface area (Å²) in [6.45, 7) is 0. The summed E-state index contributed by atoms with van der Waals surface area (Å²) in [5, 5.41) is 13.1. The van der Waals surface area contributed by atoms with Crippen LogP contribution in [0.25, 0.3) is 0 Å². The van der Waals surface area contributed by atoms with Crippen LogP contribution in [-0.4, -0.2) is 22.9 Å². The lowest BCUT2D eigenvalue weighted by Crippen LogP contribution is -2.11. The molecule has 0 amide bonds. The van der Waals surface area contributed by atoms with Gasteiger partial charge < -0.3 is 4.74 Å². The third kappa shape index (κ3) is 1.38. The number of hydrogen-bond acceptors (Lipinski definition) is 4. The summed E-state index contributed by atoms with van der Waals surface area (Å²) < 4.78 is 6.17. The van der Waals surface area contributed by atoms with Crippen LogP contribution in [0.1, 0.15) is 28.9 Å². The lowest BCUT2D eigenvalue weighted by molar-refractivity contribution is 0.0591. The summed E-state index contributed by atoms with van der Waals surface area (Å²) in [6.07, 6.45) is 3.31. The molecule has 1 aromatic heterocycles. The van der Waals surface area contributed by atoms with E-state index < -0.39 is 11.4 Å². The van der Waals surface area contributed by atoms with Crippen LogP contribution in [0.5, 0.6) is 0 Å². The zero-order valence-corrected chi connectivity index (χ0v) is 8.65. The summed E-state index contributed by atoms with van der Waals surface area (Å²) in [5.74, 6) is -0.480. The predicted octanol–water partition coefficient (Wildman–Crippen LogP) is 0.762. The number of ether oxygens (including phenoxy) is 1. The number of rotatable bonds is 2. The molecule has 0 saturated heterocycles. The largest absolute Gasteiger partial charge is 0.464 e. The van der Waals surface area contributed by atoms with E-state index in [0.29, 0.717) is 5.56 Å². The van der Waals surface area contributed by atoms with Crippen molar-refractivity contribution in [1.82, 2.24) is 9.78 Å². The Morgan fingerprint density at radius 3 is 2.87 bits per heavy atom. The van der Waals surface area contributed by atoms with Gasteiger partial charge in [0.15, 0.2) is 5.69 Å². The van der Waals surface area contributed by atoms with Gasteiger partial charge in [-0.3, -0.25) is 4.68 Å². The Balaban J connectivity index is 2.48. The van der Waals surface area contributed by atoms with Crippen molar-refractivity contribution < 1.29 is 9.53 Å². The van der Waals surface area contributed by atoms with E-state index in [0.717, 1.165) is 12.8 Å². The number of carbonyl (C=O) groups excluding carboxylic acids is 1. The second-order valence-electron chi connectivity index (χ2n) is 3.75. The monoisotopic (exact) mass is 205 g/mol. The summed E-state index contributed by atoms with van der Waals surface area (Å²) in [5.41, 5.74) is 0.455. The summed E-state index contributed by atoms with van der Waals surface area (Å²) in [7, 11) is 3.04. The molecule has 0 aromatic carbocycles. The van der Waals surface area contributed by atoms with Crippen LogP contribution in [-0.2, 0) is 17.2 Å². The quantitative estimate of drug-likeness (QED) is 0.668. The van der Waals surface area contributed by atoms with Crippen molar-refractivity contribution in [3.05, 3.63) is 17.5 Å². The standard InChI is InChI=1S/C10H11N3O2/c1-13-5-7(10(6-11)3-4-10)8(12-13)9(14)15-2/h5H,3-4H2,1-2H3. The van der Waals surface area contributed by atoms with Crippen molar-refractivity contribution >= 4 is 5.97 Å². The molecule has 5 heteroatoms. The average molecular weight is 205 g/mol. The molecule has 1 aliphatic carbocycles. The molecule has 2 rings (SSSR count). The maximum Gasteiger partial charge on any atom is 0.358 e. The third-order valence-corrected chi connectivity index (χ3v) is 2.69. The number of carbonyl (C=O) groups is 1. The van der Waals surface area contributed by atoms with Crippen molar-refractivity contribution in [2.45, 2.75) is 18.3 Å². The van der Waals surface area contributed by atoms with Gasteiger partial charge in [0.05, 0.1) is 18.6 Å². The lowest BCUT2D eigenvalue weighted by atomic mass is 9.98. The van der Waals surface area contributed by atoms with Crippen molar-refractivity contribution in [3.8, 4) is 6.07 Å². The van der Waals surface area contributed by atoms with Crippen LogP contribution in [0.2, 0.25) is 0 Å². The fourth-order valence-electron chi connectivity index (χ4n) is 1.65. The van der Waals surface area contributed by atoms with E-state index in [1.807, 2.05) is 0 Å². The van der Waals surface area contributed by atoms with E-state index in [9.17, 15) is 4.79 Å². The van der Waals surface area contributed by atoms with Crippen LogP contribution in [0.4, 0.5) is 0 Å². The van der Waals surface area contributed by atoms with Crippen molar-refractivity contribution in [1.29, 1.82) is 5.26 Å². The Morgan fingerprint density at radius 2 is 2.40 bits per heavy atom. The maximum atomic E-state index is 11.4. The second-order valence-corrected chi connectivity index (χ2v) is 3.75. The number of esters is 1. The SMILES string of the molecule is COC(=O)c1nn(C)cc1C1(C#N)CC1. The van der Waals surface area contributed by atoms with Gasteiger partial charge in [-0.25, -0.2) is 4.79 Å². The number of nitriles is 1. The van der Waals surface area contributed by atoms with Crippen LogP contribution >= 0.6 is 0 Å². The zero-order valence-electron chi connectivity index (χ0n) is 8.65. The Labute approximate surface area is 87.3 Å². The third-order valence-electron chi connectivity index (χ3n) is 2.69. The molecule has 0 atom stereocenters. The Morgan fingerprint density at radius 1 is 1.73 bits per heavy atom. The molecule has 1 saturated carbocycles. The molecule has 0 spiro atoms. The number of aryl methyl sites for hydroxylation is 1. The molecular weight excluding hydrogens is 194 g/mol. The van der Waals surface area contributed by atoms with Gasteiger partial charge in [0.25, 0.3) is 0 Å². The molecule has 15 heavy (non-hydrogen) atoms. The molecule has 78 valence electrons. The minimum absolute atomic E-state index is 0.263. The number of methoxy groups -OCH3 is 1. The number of aromatic nitrogens is 2. The molecular formula is C10H11N3O2. The summed E-state index contributed by atoms with van der Waals surface area (Å²) >= 11 is 0. The first-order chi connectivity index (χ1) is 7.13. The fraction of sp³-hybridized carbons (Fsp3) is 0.500. The lowest BCUT2D eigenvalue weighted by Gasteiger charge is -2.03. The van der Waals surface area contributed by atoms with E-state index in [1.165, 1.54) is 7.11 Å². The van der Waals surface area contributed by atoms with E-state index in [-0.39, 0.29) is 5.69 Å². The van der Waals surface area contributed by atoms with Crippen LogP contribution < -0.4 is 0 Å². The van der Waals surface area contributed by atoms with E-state index >= 15 is 0 Å². The Bertz CT molecular complexity index is 452. The van der Waals surface area contributed by atoms with Gasteiger partial charge in [-0.1, -0.05) is 0 Å². The highest BCUT2D eigenvalue weighted by molar-refractivity contribution is 5.89. The fourth-order valence-corrected chi connectivity index (χ4v) is 1.65. The number of nitrogens with zero attached hydrogens (tertiary/aromatic N) is 3. The van der Waals surface area contributed by atoms with Gasteiger partial charge in [-0.05, 0) is 12.8 Å². The molecule has 1 aliphatic rings.